The first-order chi connectivity index (χ1) is 10.0. The quantitative estimate of drug-likeness (QED) is 0.867. The van der Waals surface area contributed by atoms with Crippen molar-refractivity contribution in [1.82, 2.24) is 20.2 Å². The normalized spacial score (nSPS) is 19.3. The number of anilines is 1. The first kappa shape index (κ1) is 15.7. The highest BCUT2D eigenvalue weighted by Gasteiger charge is 2.29. The van der Waals surface area contributed by atoms with Gasteiger partial charge in [0.1, 0.15) is 5.54 Å². The number of piperazine rings is 1. The summed E-state index contributed by atoms with van der Waals surface area (Å²) in [6.07, 6.45) is 3.54. The van der Waals surface area contributed by atoms with Gasteiger partial charge >= 0.3 is 0 Å². The van der Waals surface area contributed by atoms with Gasteiger partial charge in [-0.15, -0.1) is 0 Å². The highest BCUT2D eigenvalue weighted by molar-refractivity contribution is 5.29. The van der Waals surface area contributed by atoms with E-state index in [1.54, 1.807) is 12.4 Å². The van der Waals surface area contributed by atoms with Gasteiger partial charge in [0, 0.05) is 51.2 Å². The second-order valence-corrected chi connectivity index (χ2v) is 6.05. The molecular weight excluding hydrogens is 264 g/mol. The van der Waals surface area contributed by atoms with Crippen molar-refractivity contribution >= 4 is 5.95 Å². The fourth-order valence-electron chi connectivity index (χ4n) is 2.76. The first-order valence-electron chi connectivity index (χ1n) is 7.46. The fourth-order valence-corrected chi connectivity index (χ4v) is 2.76. The van der Waals surface area contributed by atoms with Gasteiger partial charge in [-0.25, -0.2) is 9.97 Å². The maximum absolute atomic E-state index is 9.43. The third kappa shape index (κ3) is 4.38. The summed E-state index contributed by atoms with van der Waals surface area (Å²) in [6.45, 7) is 10.5. The second-order valence-electron chi connectivity index (χ2n) is 6.05. The molecule has 2 heterocycles. The van der Waals surface area contributed by atoms with Crippen molar-refractivity contribution in [2.75, 3.05) is 37.6 Å². The van der Waals surface area contributed by atoms with Crippen LogP contribution in [0.1, 0.15) is 20.8 Å². The molecule has 1 aromatic heterocycles. The van der Waals surface area contributed by atoms with Gasteiger partial charge in [-0.05, 0) is 26.8 Å². The molecule has 0 aliphatic carbocycles. The van der Waals surface area contributed by atoms with Crippen molar-refractivity contribution in [3.05, 3.63) is 18.5 Å². The Kier molecular flexibility index (Phi) is 5.10. The van der Waals surface area contributed by atoms with Crippen molar-refractivity contribution in [1.29, 1.82) is 5.26 Å². The summed E-state index contributed by atoms with van der Waals surface area (Å²) in [5.41, 5.74) is -0.500. The summed E-state index contributed by atoms with van der Waals surface area (Å²) in [7, 11) is 0. The molecule has 6 nitrogen and oxygen atoms in total. The van der Waals surface area contributed by atoms with E-state index in [-0.39, 0.29) is 0 Å². The van der Waals surface area contributed by atoms with Crippen LogP contribution >= 0.6 is 0 Å². The Bertz CT molecular complexity index is 475. The van der Waals surface area contributed by atoms with Gasteiger partial charge in [-0.2, -0.15) is 5.26 Å². The molecule has 1 fully saturated rings. The molecular formula is C15H24N6. The average molecular weight is 288 g/mol. The van der Waals surface area contributed by atoms with Gasteiger partial charge in [-0.1, -0.05) is 0 Å². The zero-order valence-corrected chi connectivity index (χ0v) is 13.1. The molecule has 1 aromatic rings. The van der Waals surface area contributed by atoms with Crippen molar-refractivity contribution in [2.45, 2.75) is 32.4 Å². The van der Waals surface area contributed by atoms with E-state index < -0.39 is 5.54 Å². The van der Waals surface area contributed by atoms with Crippen LogP contribution in [0, 0.1) is 11.3 Å². The zero-order valence-electron chi connectivity index (χ0n) is 13.1. The molecule has 2 rings (SSSR count). The average Bonchev–Trinajstić information content (AvgIpc) is 2.48. The predicted molar refractivity (Wildman–Crippen MR) is 83.0 cm³/mol. The summed E-state index contributed by atoms with van der Waals surface area (Å²) < 4.78 is 0. The van der Waals surface area contributed by atoms with Crippen LogP contribution in [0.15, 0.2) is 18.5 Å². The molecule has 1 saturated heterocycles. The molecule has 0 bridgehead atoms. The van der Waals surface area contributed by atoms with Crippen LogP contribution in [0.25, 0.3) is 0 Å². The van der Waals surface area contributed by atoms with E-state index in [9.17, 15) is 5.26 Å². The maximum Gasteiger partial charge on any atom is 0.225 e. The summed E-state index contributed by atoms with van der Waals surface area (Å²) >= 11 is 0. The van der Waals surface area contributed by atoms with Crippen LogP contribution in [0.5, 0.6) is 0 Å². The van der Waals surface area contributed by atoms with Gasteiger partial charge in [0.05, 0.1) is 6.07 Å². The van der Waals surface area contributed by atoms with Gasteiger partial charge in [0.25, 0.3) is 0 Å². The van der Waals surface area contributed by atoms with E-state index in [0.717, 1.165) is 38.7 Å². The number of aromatic nitrogens is 2. The van der Waals surface area contributed by atoms with Gasteiger partial charge in [0.15, 0.2) is 0 Å². The lowest BCUT2D eigenvalue weighted by Crippen LogP contribution is -2.57. The predicted octanol–water partition coefficient (Wildman–Crippen LogP) is 0.879. The van der Waals surface area contributed by atoms with Crippen molar-refractivity contribution in [3.8, 4) is 6.07 Å². The van der Waals surface area contributed by atoms with Crippen LogP contribution in [0.4, 0.5) is 5.95 Å². The highest BCUT2D eigenvalue weighted by Crippen LogP contribution is 2.13. The maximum atomic E-state index is 9.43. The second kappa shape index (κ2) is 6.83. The zero-order chi connectivity index (χ0) is 15.3. The SMILES string of the molecule is CC(C)NC(C)(C#N)CN1CCN(c2ncccn2)CC1. The van der Waals surface area contributed by atoms with Crippen molar-refractivity contribution in [3.63, 3.8) is 0 Å². The topological polar surface area (TPSA) is 68.1 Å². The Morgan fingerprint density at radius 3 is 2.43 bits per heavy atom. The number of hydrogen-bond acceptors (Lipinski definition) is 6. The molecule has 0 amide bonds. The molecule has 1 N–H and O–H groups in total. The molecule has 1 unspecified atom stereocenters. The Morgan fingerprint density at radius 1 is 1.29 bits per heavy atom. The third-order valence-corrected chi connectivity index (χ3v) is 3.60. The Labute approximate surface area is 126 Å². The molecule has 0 spiro atoms. The summed E-state index contributed by atoms with van der Waals surface area (Å²) in [5.74, 6) is 0.792. The minimum Gasteiger partial charge on any atom is -0.338 e. The standard InChI is InChI=1S/C15H24N6/c1-13(2)19-15(3,11-16)12-20-7-9-21(10-8-20)14-17-5-4-6-18-14/h4-6,13,19H,7-10,12H2,1-3H3. The molecule has 6 heteroatoms. The summed E-state index contributed by atoms with van der Waals surface area (Å²) in [4.78, 5) is 13.1. The minimum atomic E-state index is -0.500. The molecule has 21 heavy (non-hydrogen) atoms. The minimum absolute atomic E-state index is 0.300. The number of hydrogen-bond donors (Lipinski definition) is 1. The summed E-state index contributed by atoms with van der Waals surface area (Å²) in [6, 6.07) is 4.54. The molecule has 1 aliphatic heterocycles. The van der Waals surface area contributed by atoms with Crippen LogP contribution < -0.4 is 10.2 Å². The van der Waals surface area contributed by atoms with Crippen LogP contribution in [0.3, 0.4) is 0 Å². The van der Waals surface area contributed by atoms with Crippen molar-refractivity contribution in [2.24, 2.45) is 0 Å². The lowest BCUT2D eigenvalue weighted by molar-refractivity contribution is 0.202. The first-order valence-corrected chi connectivity index (χ1v) is 7.46. The summed E-state index contributed by atoms with van der Waals surface area (Å²) in [5, 5.41) is 12.8. The van der Waals surface area contributed by atoms with E-state index in [4.69, 9.17) is 0 Å². The molecule has 0 radical (unpaired) electrons. The van der Waals surface area contributed by atoms with Crippen LogP contribution in [0.2, 0.25) is 0 Å². The highest BCUT2D eigenvalue weighted by atomic mass is 15.3. The Balaban J connectivity index is 1.88. The van der Waals surface area contributed by atoms with Gasteiger partial charge in [-0.3, -0.25) is 10.2 Å². The monoisotopic (exact) mass is 288 g/mol. The van der Waals surface area contributed by atoms with E-state index in [1.165, 1.54) is 0 Å². The van der Waals surface area contributed by atoms with Crippen molar-refractivity contribution < 1.29 is 0 Å². The van der Waals surface area contributed by atoms with Crippen LogP contribution in [-0.2, 0) is 0 Å². The van der Waals surface area contributed by atoms with Gasteiger partial charge < -0.3 is 4.90 Å². The van der Waals surface area contributed by atoms with E-state index in [2.05, 4.69) is 45.0 Å². The molecule has 0 saturated carbocycles. The molecule has 1 aliphatic rings. The Morgan fingerprint density at radius 2 is 1.90 bits per heavy atom. The third-order valence-electron chi connectivity index (χ3n) is 3.60. The lowest BCUT2D eigenvalue weighted by Gasteiger charge is -2.38. The smallest absolute Gasteiger partial charge is 0.225 e. The molecule has 1 atom stereocenters. The number of nitrogens with zero attached hydrogens (tertiary/aromatic N) is 5. The molecule has 114 valence electrons. The van der Waals surface area contributed by atoms with E-state index in [1.807, 2.05) is 13.0 Å². The van der Waals surface area contributed by atoms with E-state index in [0.29, 0.717) is 6.04 Å². The number of rotatable bonds is 5. The largest absolute Gasteiger partial charge is 0.338 e. The van der Waals surface area contributed by atoms with Gasteiger partial charge in [0.2, 0.25) is 5.95 Å². The van der Waals surface area contributed by atoms with E-state index >= 15 is 0 Å². The number of nitriles is 1. The lowest BCUT2D eigenvalue weighted by atomic mass is 10.0. The number of nitrogens with one attached hydrogen (secondary N) is 1. The Hall–Kier alpha value is -1.71. The van der Waals surface area contributed by atoms with Crippen LogP contribution in [-0.4, -0.2) is 59.2 Å². The fraction of sp³-hybridized carbons (Fsp3) is 0.667. The molecule has 0 aromatic carbocycles.